The van der Waals surface area contributed by atoms with E-state index in [0.29, 0.717) is 38.8 Å². The molecule has 3 fully saturated rings. The Labute approximate surface area is 209 Å². The van der Waals surface area contributed by atoms with Crippen LogP contribution in [0.4, 0.5) is 18.0 Å². The van der Waals surface area contributed by atoms with Crippen LogP contribution in [0.1, 0.15) is 56.1 Å². The van der Waals surface area contributed by atoms with E-state index in [9.17, 15) is 26.4 Å². The quantitative estimate of drug-likeness (QED) is 0.574. The summed E-state index contributed by atoms with van der Waals surface area (Å²) in [6.45, 7) is 0.783. The molecule has 0 atom stereocenters. The van der Waals surface area contributed by atoms with Gasteiger partial charge in [-0.2, -0.15) is 17.5 Å². The standard InChI is InChI=1S/C26H30F3N3O3S/c27-26(28,29)20-8-4-9-23(18-20)36(34,35)32(21-10-11-21)22-12-16-31(17-13-22)24(33)30-25(14-5-15-25)19-6-2-1-3-7-19/h1-4,6-9,18,21-22H,5,10-17H2,(H,30,33). The number of rotatable bonds is 6. The fourth-order valence-electron chi connectivity index (χ4n) is 5.35. The molecule has 6 nitrogen and oxygen atoms in total. The number of alkyl halides is 3. The molecule has 2 amide bonds. The van der Waals surface area contributed by atoms with Crippen molar-refractivity contribution in [1.82, 2.24) is 14.5 Å². The summed E-state index contributed by atoms with van der Waals surface area (Å²) >= 11 is 0. The Morgan fingerprint density at radius 1 is 0.944 bits per heavy atom. The van der Waals surface area contributed by atoms with Crippen LogP contribution in [0.15, 0.2) is 59.5 Å². The molecule has 194 valence electrons. The number of amides is 2. The van der Waals surface area contributed by atoms with Gasteiger partial charge in [0.2, 0.25) is 10.0 Å². The Balaban J connectivity index is 1.27. The monoisotopic (exact) mass is 521 g/mol. The molecule has 0 spiro atoms. The smallest absolute Gasteiger partial charge is 0.328 e. The molecular weight excluding hydrogens is 491 g/mol. The third kappa shape index (κ3) is 4.85. The highest BCUT2D eigenvalue weighted by molar-refractivity contribution is 7.89. The average molecular weight is 522 g/mol. The van der Waals surface area contributed by atoms with Crippen molar-refractivity contribution in [1.29, 1.82) is 0 Å². The minimum Gasteiger partial charge on any atom is -0.328 e. The minimum absolute atomic E-state index is 0.157. The van der Waals surface area contributed by atoms with Gasteiger partial charge in [0.05, 0.1) is 16.0 Å². The highest BCUT2D eigenvalue weighted by atomic mass is 32.2. The summed E-state index contributed by atoms with van der Waals surface area (Å²) in [6, 6.07) is 13.2. The Hall–Kier alpha value is -2.59. The van der Waals surface area contributed by atoms with Crippen LogP contribution in [0, 0.1) is 0 Å². The van der Waals surface area contributed by atoms with Gasteiger partial charge in [0, 0.05) is 25.2 Å². The second-order valence-electron chi connectivity index (χ2n) is 10.0. The fraction of sp³-hybridized carbons (Fsp3) is 0.500. The third-order valence-corrected chi connectivity index (χ3v) is 9.64. The van der Waals surface area contributed by atoms with Gasteiger partial charge in [-0.3, -0.25) is 0 Å². The van der Waals surface area contributed by atoms with Crippen LogP contribution >= 0.6 is 0 Å². The number of hydrogen-bond donors (Lipinski definition) is 1. The number of likely N-dealkylation sites (tertiary alicyclic amines) is 1. The van der Waals surface area contributed by atoms with Gasteiger partial charge < -0.3 is 10.2 Å². The maximum atomic E-state index is 13.5. The highest BCUT2D eigenvalue weighted by Gasteiger charge is 2.45. The van der Waals surface area contributed by atoms with E-state index in [4.69, 9.17) is 0 Å². The first-order valence-electron chi connectivity index (χ1n) is 12.4. The first-order valence-corrected chi connectivity index (χ1v) is 13.9. The Bertz CT molecular complexity index is 1200. The zero-order valence-electron chi connectivity index (χ0n) is 19.9. The number of carbonyl (C=O) groups is 1. The number of urea groups is 1. The van der Waals surface area contributed by atoms with Gasteiger partial charge in [-0.1, -0.05) is 36.4 Å². The molecule has 1 saturated heterocycles. The van der Waals surface area contributed by atoms with Crippen LogP contribution in [0.5, 0.6) is 0 Å². The molecule has 1 N–H and O–H groups in total. The average Bonchev–Trinajstić information content (AvgIpc) is 3.67. The lowest BCUT2D eigenvalue weighted by atomic mass is 9.72. The molecule has 2 saturated carbocycles. The van der Waals surface area contributed by atoms with Crippen molar-refractivity contribution >= 4 is 16.1 Å². The largest absolute Gasteiger partial charge is 0.416 e. The second kappa shape index (κ2) is 9.37. The van der Waals surface area contributed by atoms with Crippen LogP contribution in [0.25, 0.3) is 0 Å². The number of carbonyl (C=O) groups excluding carboxylic acids is 1. The summed E-state index contributed by atoms with van der Waals surface area (Å²) in [7, 11) is -4.10. The van der Waals surface area contributed by atoms with Crippen LogP contribution < -0.4 is 5.32 Å². The first-order chi connectivity index (χ1) is 17.1. The van der Waals surface area contributed by atoms with E-state index in [1.54, 1.807) is 4.90 Å². The van der Waals surface area contributed by atoms with Gasteiger partial charge >= 0.3 is 12.2 Å². The van der Waals surface area contributed by atoms with E-state index in [1.807, 2.05) is 30.3 Å². The summed E-state index contributed by atoms with van der Waals surface area (Å²) < 4.78 is 68.0. The molecule has 2 aliphatic carbocycles. The van der Waals surface area contributed by atoms with Crippen molar-refractivity contribution in [3.63, 3.8) is 0 Å². The molecule has 36 heavy (non-hydrogen) atoms. The number of sulfonamides is 1. The molecule has 2 aromatic carbocycles. The van der Waals surface area contributed by atoms with E-state index in [0.717, 1.165) is 43.0 Å². The second-order valence-corrected chi connectivity index (χ2v) is 11.9. The van der Waals surface area contributed by atoms with Gasteiger partial charge in [0.25, 0.3) is 0 Å². The number of nitrogens with one attached hydrogen (secondary N) is 1. The van der Waals surface area contributed by atoms with Crippen LogP contribution in [-0.4, -0.2) is 48.8 Å². The summed E-state index contributed by atoms with van der Waals surface area (Å²) in [4.78, 5) is 14.5. The van der Waals surface area contributed by atoms with Gasteiger partial charge in [0.15, 0.2) is 0 Å². The third-order valence-electron chi connectivity index (χ3n) is 7.63. The van der Waals surface area contributed by atoms with Gasteiger partial charge in [0.1, 0.15) is 0 Å². The topological polar surface area (TPSA) is 69.7 Å². The van der Waals surface area contributed by atoms with Crippen molar-refractivity contribution < 1.29 is 26.4 Å². The zero-order chi connectivity index (χ0) is 25.6. The van der Waals surface area contributed by atoms with Crippen LogP contribution in [0.3, 0.4) is 0 Å². The number of piperidine rings is 1. The predicted molar refractivity (Wildman–Crippen MR) is 129 cm³/mol. The number of halogens is 3. The normalized spacial score (nSPS) is 20.7. The lowest BCUT2D eigenvalue weighted by Gasteiger charge is -2.45. The van der Waals surface area contributed by atoms with E-state index in [2.05, 4.69) is 5.32 Å². The molecule has 0 radical (unpaired) electrons. The van der Waals surface area contributed by atoms with Gasteiger partial charge in [-0.05, 0) is 68.7 Å². The van der Waals surface area contributed by atoms with Gasteiger partial charge in [-0.25, -0.2) is 13.2 Å². The van der Waals surface area contributed by atoms with Crippen LogP contribution in [-0.2, 0) is 21.7 Å². The van der Waals surface area contributed by atoms with Crippen molar-refractivity contribution in [2.45, 2.75) is 73.6 Å². The van der Waals surface area contributed by atoms with Crippen molar-refractivity contribution in [3.05, 3.63) is 65.7 Å². The lowest BCUT2D eigenvalue weighted by Crippen LogP contribution is -2.57. The molecule has 1 aliphatic heterocycles. The SMILES string of the molecule is O=C(NC1(c2ccccc2)CCC1)N1CCC(N(C2CC2)S(=O)(=O)c2cccc(C(F)(F)F)c2)CC1. The van der Waals surface area contributed by atoms with E-state index in [-0.39, 0.29) is 28.5 Å². The highest BCUT2D eigenvalue weighted by Crippen LogP contribution is 2.42. The maximum absolute atomic E-state index is 13.5. The molecular formula is C26H30F3N3O3S. The maximum Gasteiger partial charge on any atom is 0.416 e. The van der Waals surface area contributed by atoms with E-state index in [1.165, 1.54) is 10.4 Å². The molecule has 5 rings (SSSR count). The molecule has 0 aromatic heterocycles. The fourth-order valence-corrected chi connectivity index (χ4v) is 7.33. The Morgan fingerprint density at radius 3 is 2.14 bits per heavy atom. The molecule has 0 bridgehead atoms. The van der Waals surface area contributed by atoms with Crippen molar-refractivity contribution in [3.8, 4) is 0 Å². The Kier molecular flexibility index (Phi) is 6.53. The minimum atomic E-state index is -4.62. The van der Waals surface area contributed by atoms with Crippen molar-refractivity contribution in [2.24, 2.45) is 0 Å². The van der Waals surface area contributed by atoms with Gasteiger partial charge in [-0.15, -0.1) is 0 Å². The summed E-state index contributed by atoms with van der Waals surface area (Å²) in [5, 5.41) is 3.22. The lowest BCUT2D eigenvalue weighted by molar-refractivity contribution is -0.137. The summed E-state index contributed by atoms with van der Waals surface area (Å²) in [5.74, 6) is 0. The number of benzene rings is 2. The zero-order valence-corrected chi connectivity index (χ0v) is 20.7. The number of hydrogen-bond acceptors (Lipinski definition) is 3. The summed E-state index contributed by atoms with van der Waals surface area (Å²) in [6.07, 6.45) is 0.457. The predicted octanol–water partition coefficient (Wildman–Crippen LogP) is 5.11. The van der Waals surface area contributed by atoms with E-state index >= 15 is 0 Å². The number of nitrogens with zero attached hydrogens (tertiary/aromatic N) is 2. The summed E-state index contributed by atoms with van der Waals surface area (Å²) in [5.41, 5.74) is -0.247. The first kappa shape index (κ1) is 25.1. The Morgan fingerprint density at radius 2 is 1.58 bits per heavy atom. The van der Waals surface area contributed by atoms with Crippen molar-refractivity contribution in [2.75, 3.05) is 13.1 Å². The molecule has 0 unspecified atom stereocenters. The van der Waals surface area contributed by atoms with Crippen LogP contribution in [0.2, 0.25) is 0 Å². The molecule has 10 heteroatoms. The molecule has 2 aromatic rings. The molecule has 3 aliphatic rings. The molecule has 1 heterocycles. The van der Waals surface area contributed by atoms with E-state index < -0.39 is 21.8 Å².